The number of ether oxygens (including phenoxy) is 1. The molecule has 3 aromatic carbocycles. The molecule has 1 aliphatic heterocycles. The van der Waals surface area contributed by atoms with E-state index in [0.717, 1.165) is 11.6 Å². The number of nitrogens with two attached hydrogens (primary N) is 5. The molecule has 26 N–H and O–H groups in total. The predicted octanol–water partition coefficient (Wildman–Crippen LogP) is -3.87. The third kappa shape index (κ3) is 31.1. The number of aliphatic hydroxyl groups excluding tert-OH is 3. The summed E-state index contributed by atoms with van der Waals surface area (Å²) in [5.41, 5.74) is 31.6. The molecule has 654 valence electrons. The molecule has 0 spiro atoms. The number of aliphatic hydroxyl groups is 3. The van der Waals surface area contributed by atoms with E-state index in [4.69, 9.17) is 38.5 Å². The van der Waals surface area contributed by atoms with Crippen LogP contribution in [0.5, 0.6) is 0 Å². The van der Waals surface area contributed by atoms with Gasteiger partial charge in [0.1, 0.15) is 73.3 Å². The molecule has 12 amide bonds. The second-order valence-corrected chi connectivity index (χ2v) is 30.0. The van der Waals surface area contributed by atoms with E-state index in [2.05, 4.69) is 68.8 Å². The SMILES string of the molecule is CNC(=O)c1ccccc1Sc1ccc2c(/C=C/c3ccccn3)nn(C(=O)N(CCNC(O)CC[C@H](N)C(=O)O)CCOC(=O)CCC(=O)N[C@H](C(=O)N[C@@H](CCN)C(=O)N[C@H]3CCNC(=O)[C@H]([C@@H](C)O)NC(=O)[C@H](CCN)NC(=O)[C@H](CCN)NC(=O)[C@H](CC(C)C)NC(=O)[C@@H](Cc4ccccc4)NC(=O)[C@H](CCN)NC3=O)[C@@H](C)O)c2c1. The molecule has 1 fully saturated rings. The van der Waals surface area contributed by atoms with Gasteiger partial charge in [-0.25, -0.2) is 4.79 Å². The van der Waals surface area contributed by atoms with E-state index in [9.17, 15) is 87.5 Å². The van der Waals surface area contributed by atoms with Crippen LogP contribution in [-0.2, 0) is 68.7 Å². The first kappa shape index (κ1) is 97.4. The maximum atomic E-state index is 15.0. The van der Waals surface area contributed by atoms with Crippen LogP contribution in [0.1, 0.15) is 119 Å². The van der Waals surface area contributed by atoms with Crippen molar-refractivity contribution in [3.8, 4) is 0 Å². The van der Waals surface area contributed by atoms with Gasteiger partial charge in [-0.1, -0.05) is 74.1 Å². The topological polar surface area (TPSA) is 638 Å². The minimum absolute atomic E-state index is 0.00841. The first-order valence-corrected chi connectivity index (χ1v) is 40.3. The quantitative estimate of drug-likeness (QED) is 0.0133. The summed E-state index contributed by atoms with van der Waals surface area (Å²) in [5, 5.41) is 77.9. The normalized spacial score (nSPS) is 19.6. The maximum absolute atomic E-state index is 15.0. The highest BCUT2D eigenvalue weighted by Crippen LogP contribution is 2.34. The summed E-state index contributed by atoms with van der Waals surface area (Å²) in [6, 6.07) is 9.70. The number of fused-ring (bicyclic) bond motifs is 1. The number of aromatic nitrogens is 3. The van der Waals surface area contributed by atoms with Gasteiger partial charge in [-0.2, -0.15) is 9.78 Å². The molecule has 40 nitrogen and oxygen atoms in total. The molecule has 0 radical (unpaired) electrons. The van der Waals surface area contributed by atoms with E-state index in [0.29, 0.717) is 43.2 Å². The van der Waals surface area contributed by atoms with Crippen molar-refractivity contribution in [2.75, 3.05) is 66.0 Å². The van der Waals surface area contributed by atoms with Crippen LogP contribution in [-0.4, -0.2) is 268 Å². The number of esters is 1. The first-order valence-electron chi connectivity index (χ1n) is 39.5. The Bertz CT molecular complexity index is 4330. The van der Waals surface area contributed by atoms with Crippen molar-refractivity contribution in [2.24, 2.45) is 34.6 Å². The van der Waals surface area contributed by atoms with Gasteiger partial charge in [0.25, 0.3) is 5.91 Å². The van der Waals surface area contributed by atoms with Crippen LogP contribution in [0.3, 0.4) is 0 Å². The average molecular weight is 1690 g/mol. The van der Waals surface area contributed by atoms with Crippen molar-refractivity contribution in [2.45, 2.75) is 187 Å². The number of carboxylic acids is 1. The summed E-state index contributed by atoms with van der Waals surface area (Å²) in [6.45, 7) is 3.37. The molecule has 1 aliphatic rings. The zero-order valence-electron chi connectivity index (χ0n) is 67.6. The van der Waals surface area contributed by atoms with Gasteiger partial charge in [-0.05, 0) is 157 Å². The maximum Gasteiger partial charge on any atom is 0.345 e. The molecular formula is C79H113N21O19S. The van der Waals surface area contributed by atoms with Gasteiger partial charge in [-0.3, -0.25) is 72.6 Å². The van der Waals surface area contributed by atoms with E-state index in [1.165, 1.54) is 30.6 Å². The fourth-order valence-corrected chi connectivity index (χ4v) is 13.4. The number of hydrogen-bond acceptors (Lipinski definition) is 27. The minimum Gasteiger partial charge on any atom is -0.480 e. The van der Waals surface area contributed by atoms with Crippen molar-refractivity contribution < 1.29 is 92.3 Å². The van der Waals surface area contributed by atoms with Gasteiger partial charge >= 0.3 is 18.0 Å². The summed E-state index contributed by atoms with van der Waals surface area (Å²) in [6.07, 6.45) is -2.77. The molecule has 5 aromatic rings. The molecule has 1 unspecified atom stereocenters. The van der Waals surface area contributed by atoms with Crippen LogP contribution < -0.4 is 92.5 Å². The van der Waals surface area contributed by atoms with Crippen LogP contribution in [0, 0.1) is 5.92 Å². The van der Waals surface area contributed by atoms with E-state index in [1.807, 2.05) is 0 Å². The molecule has 0 saturated carbocycles. The summed E-state index contributed by atoms with van der Waals surface area (Å²) in [5.74, 6) is -12.7. The van der Waals surface area contributed by atoms with Crippen LogP contribution in [0.25, 0.3) is 23.1 Å². The Labute approximate surface area is 697 Å². The average Bonchev–Trinajstić information content (AvgIpc) is 1.63. The highest BCUT2D eigenvalue weighted by Gasteiger charge is 2.38. The molecule has 41 heteroatoms. The number of carbonyl (C=O) groups excluding carboxylic acids is 13. The lowest BCUT2D eigenvalue weighted by molar-refractivity contribution is -0.145. The molecule has 1 saturated heterocycles. The third-order valence-electron chi connectivity index (χ3n) is 18.9. The summed E-state index contributed by atoms with van der Waals surface area (Å²) in [7, 11) is 1.51. The number of nitrogens with one attached hydrogen (secondary N) is 12. The van der Waals surface area contributed by atoms with E-state index >= 15 is 0 Å². The molecular weight excluding hydrogens is 1580 g/mol. The lowest BCUT2D eigenvalue weighted by Gasteiger charge is -2.28. The molecule has 6 rings (SSSR count). The Hall–Kier alpha value is -11.4. The smallest absolute Gasteiger partial charge is 0.345 e. The fraction of sp³-hybridized carbons (Fsp3) is 0.494. The fourth-order valence-electron chi connectivity index (χ4n) is 12.4. The molecule has 3 heterocycles. The Morgan fingerprint density at radius 2 is 1.27 bits per heavy atom. The van der Waals surface area contributed by atoms with Crippen LogP contribution in [0.2, 0.25) is 0 Å². The van der Waals surface area contributed by atoms with Gasteiger partial charge in [0.2, 0.25) is 59.1 Å². The Kier molecular flexibility index (Phi) is 40.5. The number of aliphatic carboxylic acids is 1. The molecule has 120 heavy (non-hydrogen) atoms. The monoisotopic (exact) mass is 1690 g/mol. The lowest BCUT2D eigenvalue weighted by atomic mass is 10.00. The van der Waals surface area contributed by atoms with Gasteiger partial charge in [0.05, 0.1) is 47.6 Å². The van der Waals surface area contributed by atoms with Crippen molar-refractivity contribution in [3.63, 3.8) is 0 Å². The summed E-state index contributed by atoms with van der Waals surface area (Å²) < 4.78 is 6.68. The van der Waals surface area contributed by atoms with Gasteiger partial charge in [0.15, 0.2) is 0 Å². The second-order valence-electron chi connectivity index (χ2n) is 28.9. The number of amides is 12. The Balaban J connectivity index is 1.21. The van der Waals surface area contributed by atoms with Gasteiger partial charge in [0, 0.05) is 60.9 Å². The number of benzene rings is 3. The van der Waals surface area contributed by atoms with E-state index in [-0.39, 0.29) is 109 Å². The Morgan fingerprint density at radius 1 is 0.667 bits per heavy atom. The number of nitrogens with zero attached hydrogens (tertiary/aromatic N) is 4. The molecule has 13 atom stereocenters. The zero-order valence-corrected chi connectivity index (χ0v) is 68.4. The number of hydrogen-bond donors (Lipinski definition) is 21. The summed E-state index contributed by atoms with van der Waals surface area (Å²) in [4.78, 5) is 202. The predicted molar refractivity (Wildman–Crippen MR) is 441 cm³/mol. The number of carbonyl (C=O) groups is 14. The number of pyridine rings is 1. The Morgan fingerprint density at radius 3 is 1.88 bits per heavy atom. The highest BCUT2D eigenvalue weighted by atomic mass is 32.2. The van der Waals surface area contributed by atoms with Crippen molar-refractivity contribution >= 4 is 118 Å². The van der Waals surface area contributed by atoms with Crippen LogP contribution in [0.4, 0.5) is 4.79 Å². The van der Waals surface area contributed by atoms with Gasteiger partial charge < -0.3 is 117 Å². The standard InChI is InChI=1S/C79H113N21O19S/c1-44(2)41-59-74(112)91-54(26-31-80)69(107)90-57(29-34-83)73(111)97-66(45(3)101)76(114)88-36-30-58(72(110)89-55(27-32-81)71(109)95-60(75(113)94-59)42-47-13-7-6-8-14-47)92-70(108)56(28-33-82)93-77(115)67(46(4)102)96-64(104)24-25-65(105)119-40-39-99(38-37-87-63(103)23-21-52(84)78(116)117)79(118)100-61-43-49(120-62-17-10-9-16-51(62)68(106)85-5)19-20-50(61)53(98-100)22-18-48-15-11-12-35-86-48/h6-20,22,35,43-46,52,54-60,63,66-67,87,101-103H,21,23-34,36-42,80-84H2,1-5H3,(H,85,106)(H,88,114)(H,89,110)(H,90,107)(H,91,112)(H,92,108)(H,93,115)(H,94,113)(H,95,109)(H,96,104)(H,97,111)(H,116,117)/b22-18+/t45-,46-,52+,54+,55+,56+,57+,58+,59+,60-,63?,66+,67+/m1/s1. The molecule has 2 aromatic heterocycles. The van der Waals surface area contributed by atoms with E-state index < -0.39 is 188 Å². The van der Waals surface area contributed by atoms with Crippen LogP contribution in [0.15, 0.2) is 107 Å². The van der Waals surface area contributed by atoms with E-state index in [1.54, 1.807) is 123 Å². The number of rotatable bonds is 38. The first-order chi connectivity index (χ1) is 57.3. The highest BCUT2D eigenvalue weighted by molar-refractivity contribution is 7.99. The van der Waals surface area contributed by atoms with Crippen molar-refractivity contribution in [1.29, 1.82) is 0 Å². The summed E-state index contributed by atoms with van der Waals surface area (Å²) >= 11 is 1.26. The third-order valence-corrected chi connectivity index (χ3v) is 20.0. The largest absolute Gasteiger partial charge is 0.480 e. The molecule has 0 bridgehead atoms. The lowest BCUT2D eigenvalue weighted by Crippen LogP contribution is -2.61. The van der Waals surface area contributed by atoms with Crippen LogP contribution >= 0.6 is 11.8 Å². The van der Waals surface area contributed by atoms with Crippen molar-refractivity contribution in [1.82, 2.24) is 83.5 Å². The second kappa shape index (κ2) is 49.9. The number of carboxylic acid groups (broad SMARTS) is 1. The van der Waals surface area contributed by atoms with Gasteiger partial charge in [-0.15, -0.1) is 0 Å². The molecule has 0 aliphatic carbocycles. The minimum atomic E-state index is -1.83. The van der Waals surface area contributed by atoms with Crippen molar-refractivity contribution in [3.05, 3.63) is 120 Å². The zero-order chi connectivity index (χ0) is 88.1.